The first-order valence-electron chi connectivity index (χ1n) is 11.2. The maximum absolute atomic E-state index is 13.1. The van der Waals surface area contributed by atoms with Crippen LogP contribution in [-0.2, 0) is 14.8 Å². The van der Waals surface area contributed by atoms with Crippen LogP contribution in [0.1, 0.15) is 48.9 Å². The number of sulfonamides is 1. The lowest BCUT2D eigenvalue weighted by atomic mass is 10.00. The third-order valence-electron chi connectivity index (χ3n) is 6.14. The van der Waals surface area contributed by atoms with E-state index in [4.69, 9.17) is 0 Å². The van der Waals surface area contributed by atoms with Gasteiger partial charge in [-0.2, -0.15) is 4.31 Å². The average molecular weight is 456 g/mol. The Morgan fingerprint density at radius 1 is 0.844 bits per heavy atom. The lowest BCUT2D eigenvalue weighted by Gasteiger charge is -2.34. The molecule has 32 heavy (non-hydrogen) atoms. The van der Waals surface area contributed by atoms with Crippen LogP contribution in [0.5, 0.6) is 0 Å². The molecule has 2 aromatic rings. The van der Waals surface area contributed by atoms with Crippen molar-refractivity contribution < 1.29 is 18.0 Å². The van der Waals surface area contributed by atoms with Crippen LogP contribution in [0.2, 0.25) is 0 Å². The fraction of sp³-hybridized carbons (Fsp3) is 0.417. The number of carbonyl (C=O) groups is 2. The molecule has 1 atom stereocenters. The van der Waals surface area contributed by atoms with E-state index in [1.165, 1.54) is 10.4 Å². The minimum absolute atomic E-state index is 0.160. The summed E-state index contributed by atoms with van der Waals surface area (Å²) in [6, 6.07) is 14.8. The molecule has 1 unspecified atom stereocenters. The van der Waals surface area contributed by atoms with Gasteiger partial charge in [-0.1, -0.05) is 30.7 Å². The molecule has 170 valence electrons. The molecule has 0 aliphatic carbocycles. The summed E-state index contributed by atoms with van der Waals surface area (Å²) in [5.41, 5.74) is 0.979. The molecule has 2 heterocycles. The summed E-state index contributed by atoms with van der Waals surface area (Å²) < 4.78 is 27.5. The smallest absolute Gasteiger partial charge is 0.254 e. The number of amides is 2. The molecule has 0 spiro atoms. The number of rotatable bonds is 5. The lowest BCUT2D eigenvalue weighted by molar-refractivity contribution is -0.121. The Bertz CT molecular complexity index is 1070. The van der Waals surface area contributed by atoms with E-state index >= 15 is 0 Å². The second-order valence-electron chi connectivity index (χ2n) is 8.36. The van der Waals surface area contributed by atoms with Gasteiger partial charge in [0, 0.05) is 30.9 Å². The first-order chi connectivity index (χ1) is 15.5. The van der Waals surface area contributed by atoms with E-state index in [1.54, 1.807) is 47.4 Å². The number of hydrogen-bond donors (Lipinski definition) is 1. The number of benzene rings is 2. The Morgan fingerprint density at radius 2 is 1.56 bits per heavy atom. The molecule has 1 N–H and O–H groups in total. The van der Waals surface area contributed by atoms with E-state index in [1.807, 2.05) is 6.07 Å². The van der Waals surface area contributed by atoms with Gasteiger partial charge in [-0.25, -0.2) is 8.42 Å². The van der Waals surface area contributed by atoms with Crippen molar-refractivity contribution in [1.82, 2.24) is 9.21 Å². The summed E-state index contributed by atoms with van der Waals surface area (Å²) in [5, 5.41) is 2.85. The lowest BCUT2D eigenvalue weighted by Crippen LogP contribution is -2.50. The summed E-state index contributed by atoms with van der Waals surface area (Å²) in [6.07, 6.45) is 5.06. The molecule has 2 amide bonds. The maximum Gasteiger partial charge on any atom is 0.254 e. The highest BCUT2D eigenvalue weighted by molar-refractivity contribution is 7.89. The Kier molecular flexibility index (Phi) is 6.91. The second kappa shape index (κ2) is 9.83. The van der Waals surface area contributed by atoms with Crippen LogP contribution in [0.25, 0.3) is 0 Å². The molecule has 0 saturated carbocycles. The largest absolute Gasteiger partial charge is 0.327 e. The monoisotopic (exact) mass is 455 g/mol. The van der Waals surface area contributed by atoms with E-state index in [0.29, 0.717) is 37.3 Å². The van der Waals surface area contributed by atoms with Crippen LogP contribution in [0, 0.1) is 0 Å². The third-order valence-corrected chi connectivity index (χ3v) is 8.04. The Balaban J connectivity index is 1.50. The van der Waals surface area contributed by atoms with E-state index in [-0.39, 0.29) is 16.7 Å². The second-order valence-corrected chi connectivity index (χ2v) is 10.3. The van der Waals surface area contributed by atoms with Crippen molar-refractivity contribution in [3.05, 3.63) is 60.2 Å². The standard InChI is InChI=1S/C24H29N3O4S/c28-23(22-14-5-8-17-27(22)24(29)19-10-3-1-4-11-19)25-20-12-9-13-21(18-20)32(30,31)26-15-6-2-7-16-26/h1,3-4,9-13,18,22H,2,5-8,14-17H2,(H,25,28). The summed E-state index contributed by atoms with van der Waals surface area (Å²) in [5.74, 6) is -0.451. The predicted octanol–water partition coefficient (Wildman–Crippen LogP) is 3.49. The molecule has 2 aliphatic rings. The molecule has 0 aromatic heterocycles. The minimum Gasteiger partial charge on any atom is -0.327 e. The topological polar surface area (TPSA) is 86.8 Å². The van der Waals surface area contributed by atoms with Crippen molar-refractivity contribution in [3.8, 4) is 0 Å². The number of hydrogen-bond acceptors (Lipinski definition) is 4. The summed E-state index contributed by atoms with van der Waals surface area (Å²) >= 11 is 0. The molecule has 2 aromatic carbocycles. The molecule has 2 aliphatic heterocycles. The summed E-state index contributed by atoms with van der Waals surface area (Å²) in [4.78, 5) is 27.9. The fourth-order valence-corrected chi connectivity index (χ4v) is 5.97. The number of likely N-dealkylation sites (tertiary alicyclic amines) is 1. The predicted molar refractivity (Wildman–Crippen MR) is 123 cm³/mol. The SMILES string of the molecule is O=C(Nc1cccc(S(=O)(=O)N2CCCCC2)c1)C1CCCCN1C(=O)c1ccccc1. The van der Waals surface area contributed by atoms with Gasteiger partial charge < -0.3 is 10.2 Å². The van der Waals surface area contributed by atoms with Crippen LogP contribution in [0.3, 0.4) is 0 Å². The zero-order valence-corrected chi connectivity index (χ0v) is 18.9. The van der Waals surface area contributed by atoms with Gasteiger partial charge in [-0.15, -0.1) is 0 Å². The molecule has 2 saturated heterocycles. The zero-order valence-electron chi connectivity index (χ0n) is 18.1. The van der Waals surface area contributed by atoms with Crippen molar-refractivity contribution in [2.24, 2.45) is 0 Å². The fourth-order valence-electron chi connectivity index (χ4n) is 4.41. The Labute approximate surface area is 189 Å². The number of nitrogens with zero attached hydrogens (tertiary/aromatic N) is 2. The maximum atomic E-state index is 13.1. The van der Waals surface area contributed by atoms with Crippen molar-refractivity contribution >= 4 is 27.5 Å². The molecular weight excluding hydrogens is 426 g/mol. The van der Waals surface area contributed by atoms with Gasteiger partial charge in [0.25, 0.3) is 5.91 Å². The quantitative estimate of drug-likeness (QED) is 0.748. The van der Waals surface area contributed by atoms with E-state index in [0.717, 1.165) is 32.1 Å². The normalized spacial score (nSPS) is 20.0. The van der Waals surface area contributed by atoms with E-state index < -0.39 is 16.1 Å². The van der Waals surface area contributed by atoms with Gasteiger partial charge in [0.2, 0.25) is 15.9 Å². The molecule has 4 rings (SSSR count). The van der Waals surface area contributed by atoms with Gasteiger partial charge in [0.15, 0.2) is 0 Å². The molecule has 2 fully saturated rings. The van der Waals surface area contributed by atoms with Crippen LogP contribution in [0.15, 0.2) is 59.5 Å². The molecule has 0 bridgehead atoms. The van der Waals surface area contributed by atoms with Crippen molar-refractivity contribution in [2.75, 3.05) is 25.0 Å². The number of anilines is 1. The van der Waals surface area contributed by atoms with Crippen molar-refractivity contribution in [2.45, 2.75) is 49.5 Å². The van der Waals surface area contributed by atoms with Crippen LogP contribution in [-0.4, -0.2) is 55.1 Å². The van der Waals surface area contributed by atoms with Gasteiger partial charge in [0.05, 0.1) is 4.90 Å². The van der Waals surface area contributed by atoms with Gasteiger partial charge in [0.1, 0.15) is 6.04 Å². The third kappa shape index (κ3) is 4.86. The number of carbonyl (C=O) groups excluding carboxylic acids is 2. The number of piperidine rings is 2. The van der Waals surface area contributed by atoms with Crippen molar-refractivity contribution in [1.29, 1.82) is 0 Å². The van der Waals surface area contributed by atoms with Gasteiger partial charge >= 0.3 is 0 Å². The van der Waals surface area contributed by atoms with Crippen LogP contribution >= 0.6 is 0 Å². The minimum atomic E-state index is -3.59. The molecular formula is C24H29N3O4S. The Hall–Kier alpha value is -2.71. The number of nitrogens with one attached hydrogen (secondary N) is 1. The summed E-state index contributed by atoms with van der Waals surface area (Å²) in [6.45, 7) is 1.57. The first kappa shape index (κ1) is 22.5. The van der Waals surface area contributed by atoms with Gasteiger partial charge in [-0.05, 0) is 62.4 Å². The molecule has 7 nitrogen and oxygen atoms in total. The van der Waals surface area contributed by atoms with Crippen LogP contribution in [0.4, 0.5) is 5.69 Å². The molecule has 8 heteroatoms. The summed E-state index contributed by atoms with van der Waals surface area (Å²) in [7, 11) is -3.59. The van der Waals surface area contributed by atoms with E-state index in [2.05, 4.69) is 5.32 Å². The highest BCUT2D eigenvalue weighted by Gasteiger charge is 2.33. The van der Waals surface area contributed by atoms with E-state index in [9.17, 15) is 18.0 Å². The van der Waals surface area contributed by atoms with Gasteiger partial charge in [-0.3, -0.25) is 9.59 Å². The zero-order chi connectivity index (χ0) is 22.6. The average Bonchev–Trinajstić information content (AvgIpc) is 2.85. The van der Waals surface area contributed by atoms with Crippen molar-refractivity contribution in [3.63, 3.8) is 0 Å². The highest BCUT2D eigenvalue weighted by atomic mass is 32.2. The molecule has 0 radical (unpaired) electrons. The first-order valence-corrected chi connectivity index (χ1v) is 12.7. The van der Waals surface area contributed by atoms with Crippen LogP contribution < -0.4 is 5.32 Å². The highest BCUT2D eigenvalue weighted by Crippen LogP contribution is 2.25. The Morgan fingerprint density at radius 3 is 2.31 bits per heavy atom.